The van der Waals surface area contributed by atoms with Crippen LogP contribution in [0.1, 0.15) is 182 Å². The Morgan fingerprint density at radius 2 is 0.590 bits per heavy atom. The smallest absolute Gasteiger partial charge is 0.343 e. The van der Waals surface area contributed by atoms with E-state index in [1.807, 2.05) is 157 Å². The number of aryl methyl sites for hydroxylation is 5. The average Bonchev–Trinajstić information content (AvgIpc) is 0.858. The fourth-order valence-electron chi connectivity index (χ4n) is 12.0. The lowest BCUT2D eigenvalue weighted by Crippen LogP contribution is -2.24. The van der Waals surface area contributed by atoms with Gasteiger partial charge in [0.2, 0.25) is 0 Å². The second-order valence-corrected chi connectivity index (χ2v) is 31.1. The molecule has 9 aromatic rings. The Balaban J connectivity index is 0.000000285. The number of carbonyl (C=O) groups is 4. The summed E-state index contributed by atoms with van der Waals surface area (Å²) in [5, 5.41) is 0. The molecule has 0 aliphatic carbocycles. The van der Waals surface area contributed by atoms with Crippen molar-refractivity contribution in [1.82, 2.24) is 24.6 Å². The fourth-order valence-corrected chi connectivity index (χ4v) is 12.5. The molecular formula is C99H134N6O16S. The third-order valence-electron chi connectivity index (χ3n) is 19.6. The van der Waals surface area contributed by atoms with Crippen LogP contribution < -0.4 is 47.5 Å². The van der Waals surface area contributed by atoms with Gasteiger partial charge in [-0.2, -0.15) is 8.42 Å². The number of pyridine rings is 1. The Kier molecular flexibility index (Phi) is 48.7. The zero-order valence-corrected chi connectivity index (χ0v) is 75.7. The van der Waals surface area contributed by atoms with Crippen LogP contribution in [0.5, 0.6) is 51.7 Å². The van der Waals surface area contributed by atoms with E-state index in [0.29, 0.717) is 100 Å². The second kappa shape index (κ2) is 58.4. The quantitative estimate of drug-likeness (QED) is 0.0162. The lowest BCUT2D eigenvalue weighted by molar-refractivity contribution is 0.0724. The number of hydrogen-bond donors (Lipinski definition) is 1. The summed E-state index contributed by atoms with van der Waals surface area (Å²) in [7, 11) is 0.0507. The average molecular weight is 1700 g/mol. The van der Waals surface area contributed by atoms with Crippen LogP contribution in [0.4, 0.5) is 5.69 Å². The van der Waals surface area contributed by atoms with Crippen molar-refractivity contribution in [2.75, 3.05) is 136 Å². The van der Waals surface area contributed by atoms with E-state index in [-0.39, 0.29) is 30.7 Å². The van der Waals surface area contributed by atoms with Crippen LogP contribution in [0.15, 0.2) is 207 Å². The van der Waals surface area contributed by atoms with Gasteiger partial charge in [0.05, 0.1) is 61.0 Å². The predicted molar refractivity (Wildman–Crippen MR) is 490 cm³/mol. The first kappa shape index (κ1) is 102. The summed E-state index contributed by atoms with van der Waals surface area (Å²) in [6, 6.07) is 58.5. The van der Waals surface area contributed by atoms with Gasteiger partial charge in [0.1, 0.15) is 51.7 Å². The van der Waals surface area contributed by atoms with E-state index >= 15 is 0 Å². The van der Waals surface area contributed by atoms with Gasteiger partial charge in [-0.3, -0.25) is 9.54 Å². The number of benzene rings is 8. The third-order valence-corrected chi connectivity index (χ3v) is 20.4. The number of esters is 4. The normalized spacial score (nSPS) is 10.9. The number of nitrogens with zero attached hydrogens (tertiary/aromatic N) is 6. The molecule has 0 aliphatic rings. The molecule has 0 atom stereocenters. The summed E-state index contributed by atoms with van der Waals surface area (Å²) in [6.45, 7) is 42.9. The minimum atomic E-state index is -3.87. The van der Waals surface area contributed by atoms with Crippen molar-refractivity contribution >= 4 is 39.7 Å². The van der Waals surface area contributed by atoms with Crippen molar-refractivity contribution in [3.05, 3.63) is 257 Å². The van der Waals surface area contributed by atoms with Crippen LogP contribution in [0.25, 0.3) is 0 Å². The summed E-state index contributed by atoms with van der Waals surface area (Å²) in [4.78, 5) is 64.9. The number of carbonyl (C=O) groups excluding carboxylic acids is 4. The standard InChI is InChI=1S/2C30H46N2O4.C16H17NO2.C13H11NO2.C10H14O4S/c1-6-31(7-2)18-10-12-20-34-28-22-26(30(33)36-27-16-14-25(5)15-17-27)23-29(24-28)35-21-13-11-19-32(8-3)9-4;1-6-31(7-2)17-10-12-19-34-28-22-26(30(33)36-27-16-14-15-25(5)21-27)23-29(24-28)35-20-13-11-18-32(8-3)9-4;1-12-4-10-15(11-5-12)19-16(18)13-6-8-14(9-7-13)17(2)3;1-10-2-4-12(5-3-10)16-13(15)11-6-8-14-9-7-11;1-9-3-5-10(6-4-9)14-7-2-8-15(11,12)13/h14-17,22-24H,6-13,18-21H2,1-5H3;14-16,21-24H,6-13,17-20H2,1-5H3;4-11H,1-3H3;2-9H,1H3;3-6H,2,7-8H2,1H3,(H,11,12,13). The van der Waals surface area contributed by atoms with E-state index in [2.05, 4.69) is 80.0 Å². The molecule has 0 spiro atoms. The molecule has 0 unspecified atom stereocenters. The highest BCUT2D eigenvalue weighted by molar-refractivity contribution is 7.85. The molecule has 1 N–H and O–H groups in total. The number of rotatable bonds is 46. The largest absolute Gasteiger partial charge is 0.494 e. The zero-order valence-electron chi connectivity index (χ0n) is 74.9. The monoisotopic (exact) mass is 1690 g/mol. The summed E-state index contributed by atoms with van der Waals surface area (Å²) < 4.78 is 80.3. The highest BCUT2D eigenvalue weighted by Crippen LogP contribution is 2.29. The first-order valence-electron chi connectivity index (χ1n) is 42.9. The molecular weight excluding hydrogens is 1560 g/mol. The van der Waals surface area contributed by atoms with E-state index in [1.165, 1.54) is 0 Å². The third kappa shape index (κ3) is 42.7. The molecule has 0 fully saturated rings. The predicted octanol–water partition coefficient (Wildman–Crippen LogP) is 20.0. The van der Waals surface area contributed by atoms with Crippen molar-refractivity contribution in [1.29, 1.82) is 0 Å². The van der Waals surface area contributed by atoms with Gasteiger partial charge in [0.25, 0.3) is 10.1 Å². The number of hydrogen-bond acceptors (Lipinski definition) is 21. The van der Waals surface area contributed by atoms with E-state index in [4.69, 9.17) is 47.2 Å². The Morgan fingerprint density at radius 1 is 0.303 bits per heavy atom. The van der Waals surface area contributed by atoms with Gasteiger partial charge in [-0.05, 0) is 298 Å². The lowest BCUT2D eigenvalue weighted by atomic mass is 10.2. The first-order valence-corrected chi connectivity index (χ1v) is 44.5. The maximum absolute atomic E-state index is 12.9. The summed E-state index contributed by atoms with van der Waals surface area (Å²) in [5.74, 6) is 3.59. The maximum atomic E-state index is 12.9. The highest BCUT2D eigenvalue weighted by atomic mass is 32.2. The molecule has 22 nitrogen and oxygen atoms in total. The van der Waals surface area contributed by atoms with Crippen LogP contribution in [-0.4, -0.2) is 193 Å². The molecule has 122 heavy (non-hydrogen) atoms. The fraction of sp³-hybridized carbons (Fsp3) is 0.424. The molecule has 0 bridgehead atoms. The number of unbranched alkanes of at least 4 members (excludes halogenated alkanes) is 4. The van der Waals surface area contributed by atoms with E-state index < -0.39 is 22.1 Å². The second-order valence-electron chi connectivity index (χ2n) is 29.5. The van der Waals surface area contributed by atoms with Crippen LogP contribution in [0.2, 0.25) is 0 Å². The van der Waals surface area contributed by atoms with Gasteiger partial charge in [0, 0.05) is 44.3 Å². The highest BCUT2D eigenvalue weighted by Gasteiger charge is 2.18. The van der Waals surface area contributed by atoms with Crippen LogP contribution >= 0.6 is 0 Å². The van der Waals surface area contributed by atoms with E-state index in [0.717, 1.165) is 163 Å². The summed E-state index contributed by atoms with van der Waals surface area (Å²) >= 11 is 0. The van der Waals surface area contributed by atoms with Crippen molar-refractivity contribution < 1.29 is 74.8 Å². The van der Waals surface area contributed by atoms with Gasteiger partial charge >= 0.3 is 23.9 Å². The summed E-state index contributed by atoms with van der Waals surface area (Å²) in [5.41, 5.74) is 8.50. The summed E-state index contributed by atoms with van der Waals surface area (Å²) in [6.07, 6.45) is 11.5. The first-order chi connectivity index (χ1) is 58.7. The van der Waals surface area contributed by atoms with E-state index in [1.54, 1.807) is 103 Å². The number of ether oxygens (including phenoxy) is 9. The minimum Gasteiger partial charge on any atom is -0.494 e. The van der Waals surface area contributed by atoms with Crippen LogP contribution in [0, 0.1) is 34.6 Å². The topological polar surface area (TPSA) is 235 Å². The van der Waals surface area contributed by atoms with Gasteiger partial charge in [-0.1, -0.05) is 138 Å². The lowest BCUT2D eigenvalue weighted by Gasteiger charge is -2.18. The van der Waals surface area contributed by atoms with Crippen molar-refractivity contribution in [3.63, 3.8) is 0 Å². The van der Waals surface area contributed by atoms with Crippen molar-refractivity contribution in [2.24, 2.45) is 0 Å². The maximum Gasteiger partial charge on any atom is 0.343 e. The Morgan fingerprint density at radius 3 is 0.893 bits per heavy atom. The molecule has 1 heterocycles. The van der Waals surface area contributed by atoms with Gasteiger partial charge < -0.3 is 67.1 Å². The number of aromatic nitrogens is 1. The van der Waals surface area contributed by atoms with Crippen molar-refractivity contribution in [3.8, 4) is 51.7 Å². The molecule has 0 aliphatic heterocycles. The molecule has 9 rings (SSSR count). The zero-order chi connectivity index (χ0) is 88.9. The SMILES string of the molecule is CCN(CC)CCCCOc1cc(OCCCCN(CC)CC)cc(C(=O)Oc2ccc(C)cc2)c1.CCN(CC)CCCCOc1cc(OCCCCN(CC)CC)cc(C(=O)Oc2cccc(C)c2)c1.Cc1ccc(OC(=O)c2ccc(N(C)C)cc2)cc1.Cc1ccc(OC(=O)c2ccncc2)cc1.Cc1ccc(OCCCS(=O)(=O)O)cc1. The van der Waals surface area contributed by atoms with Crippen LogP contribution in [-0.2, 0) is 10.1 Å². The van der Waals surface area contributed by atoms with Gasteiger partial charge in [0.15, 0.2) is 0 Å². The Labute approximate surface area is 727 Å². The molecule has 0 amide bonds. The molecule has 0 saturated carbocycles. The molecule has 662 valence electrons. The Hall–Kier alpha value is -10.7. The molecule has 23 heteroatoms. The van der Waals surface area contributed by atoms with Crippen LogP contribution in [0.3, 0.4) is 0 Å². The van der Waals surface area contributed by atoms with Gasteiger partial charge in [-0.25, -0.2) is 19.2 Å². The molecule has 0 radical (unpaired) electrons. The Bertz CT molecular complexity index is 4440. The van der Waals surface area contributed by atoms with E-state index in [9.17, 15) is 27.6 Å². The molecule has 8 aromatic carbocycles. The molecule has 0 saturated heterocycles. The van der Waals surface area contributed by atoms with Crippen molar-refractivity contribution in [2.45, 2.75) is 148 Å². The minimum absolute atomic E-state index is 0.265. The molecule has 1 aromatic heterocycles. The van der Waals surface area contributed by atoms with Gasteiger partial charge in [-0.15, -0.1) is 0 Å². The number of anilines is 1.